The number of alkyl halides is 3. The Morgan fingerprint density at radius 1 is 0.950 bits per heavy atom. The number of benzene rings is 2. The molecule has 0 saturated heterocycles. The second-order valence-corrected chi connectivity index (χ2v) is 4.41. The third kappa shape index (κ3) is 3.38. The molecular formula is C15H13F3N2. The van der Waals surface area contributed by atoms with Crippen molar-refractivity contribution in [3.63, 3.8) is 0 Å². The molecular weight excluding hydrogens is 265 g/mol. The molecule has 0 atom stereocenters. The Morgan fingerprint density at radius 3 is 2.00 bits per heavy atom. The molecule has 0 aliphatic rings. The van der Waals surface area contributed by atoms with Gasteiger partial charge >= 0.3 is 6.18 Å². The summed E-state index contributed by atoms with van der Waals surface area (Å²) in [5.74, 6) is 0.183. The molecule has 0 aromatic heterocycles. The first kappa shape index (κ1) is 14.1. The summed E-state index contributed by atoms with van der Waals surface area (Å²) in [5.41, 5.74) is 7.30. The number of rotatable bonds is 2. The van der Waals surface area contributed by atoms with E-state index in [1.807, 2.05) is 19.1 Å². The van der Waals surface area contributed by atoms with E-state index in [9.17, 15) is 13.2 Å². The van der Waals surface area contributed by atoms with Crippen molar-refractivity contribution in [1.29, 1.82) is 0 Å². The van der Waals surface area contributed by atoms with Gasteiger partial charge in [-0.3, -0.25) is 0 Å². The lowest BCUT2D eigenvalue weighted by Crippen LogP contribution is -2.13. The smallest absolute Gasteiger partial charge is 0.383 e. The third-order valence-electron chi connectivity index (χ3n) is 2.79. The van der Waals surface area contributed by atoms with Crippen molar-refractivity contribution in [1.82, 2.24) is 0 Å². The molecule has 2 aromatic rings. The predicted octanol–water partition coefficient (Wildman–Crippen LogP) is 4.05. The number of nitrogens with zero attached hydrogens (tertiary/aromatic N) is 1. The van der Waals surface area contributed by atoms with Crippen LogP contribution in [0, 0.1) is 6.92 Å². The van der Waals surface area contributed by atoms with Gasteiger partial charge in [-0.15, -0.1) is 0 Å². The van der Waals surface area contributed by atoms with Gasteiger partial charge in [0, 0.05) is 5.56 Å². The number of hydrogen-bond acceptors (Lipinski definition) is 1. The van der Waals surface area contributed by atoms with Crippen LogP contribution in [0.25, 0.3) is 0 Å². The fraction of sp³-hybridized carbons (Fsp3) is 0.133. The van der Waals surface area contributed by atoms with Gasteiger partial charge in [0.05, 0.1) is 11.3 Å². The molecule has 0 radical (unpaired) electrons. The molecule has 0 unspecified atom stereocenters. The summed E-state index contributed by atoms with van der Waals surface area (Å²) in [6.45, 7) is 1.95. The summed E-state index contributed by atoms with van der Waals surface area (Å²) >= 11 is 0. The maximum atomic E-state index is 12.4. The molecule has 0 aliphatic carbocycles. The van der Waals surface area contributed by atoms with Gasteiger partial charge in [-0.25, -0.2) is 4.99 Å². The van der Waals surface area contributed by atoms with E-state index in [4.69, 9.17) is 5.73 Å². The minimum Gasteiger partial charge on any atom is -0.383 e. The fourth-order valence-corrected chi connectivity index (χ4v) is 1.65. The van der Waals surface area contributed by atoms with Crippen LogP contribution in [0.3, 0.4) is 0 Å². The Kier molecular flexibility index (Phi) is 3.79. The Hall–Kier alpha value is -2.30. The SMILES string of the molecule is Cc1ccc(N=C(N)c2ccc(C(F)(F)F)cc2)cc1. The van der Waals surface area contributed by atoms with Crippen LogP contribution < -0.4 is 5.73 Å². The molecule has 20 heavy (non-hydrogen) atoms. The highest BCUT2D eigenvalue weighted by molar-refractivity contribution is 5.99. The van der Waals surface area contributed by atoms with Gasteiger partial charge in [-0.05, 0) is 31.2 Å². The molecule has 0 fully saturated rings. The van der Waals surface area contributed by atoms with Crippen LogP contribution in [0.1, 0.15) is 16.7 Å². The highest BCUT2D eigenvalue weighted by Crippen LogP contribution is 2.29. The lowest BCUT2D eigenvalue weighted by molar-refractivity contribution is -0.137. The lowest BCUT2D eigenvalue weighted by Gasteiger charge is -2.07. The van der Waals surface area contributed by atoms with Crippen molar-refractivity contribution in [2.45, 2.75) is 13.1 Å². The van der Waals surface area contributed by atoms with E-state index in [0.29, 0.717) is 11.3 Å². The number of hydrogen-bond donors (Lipinski definition) is 1. The number of nitrogens with two attached hydrogens (primary N) is 1. The average molecular weight is 278 g/mol. The average Bonchev–Trinajstić information content (AvgIpc) is 2.40. The van der Waals surface area contributed by atoms with Gasteiger partial charge < -0.3 is 5.73 Å². The van der Waals surface area contributed by atoms with E-state index in [1.54, 1.807) is 12.1 Å². The Balaban J connectivity index is 2.25. The van der Waals surface area contributed by atoms with Crippen LogP contribution in [0.5, 0.6) is 0 Å². The van der Waals surface area contributed by atoms with Gasteiger partial charge in [-0.2, -0.15) is 13.2 Å². The Labute approximate surface area is 114 Å². The molecule has 0 heterocycles. The number of halogens is 3. The summed E-state index contributed by atoms with van der Waals surface area (Å²) in [7, 11) is 0. The summed E-state index contributed by atoms with van der Waals surface area (Å²) < 4.78 is 37.3. The number of aliphatic imine (C=N–C) groups is 1. The van der Waals surface area contributed by atoms with Crippen LogP contribution >= 0.6 is 0 Å². The number of aryl methyl sites for hydroxylation is 1. The van der Waals surface area contributed by atoms with Crippen molar-refractivity contribution in [2.75, 3.05) is 0 Å². The van der Waals surface area contributed by atoms with Crippen LogP contribution in [0.2, 0.25) is 0 Å². The zero-order chi connectivity index (χ0) is 14.8. The minimum absolute atomic E-state index is 0.183. The van der Waals surface area contributed by atoms with Gasteiger partial charge in [-0.1, -0.05) is 29.8 Å². The maximum Gasteiger partial charge on any atom is 0.416 e. The molecule has 0 amide bonds. The van der Waals surface area contributed by atoms with E-state index in [-0.39, 0.29) is 5.84 Å². The quantitative estimate of drug-likeness (QED) is 0.653. The van der Waals surface area contributed by atoms with Crippen molar-refractivity contribution in [3.8, 4) is 0 Å². The molecule has 2 nitrogen and oxygen atoms in total. The van der Waals surface area contributed by atoms with E-state index in [1.165, 1.54) is 12.1 Å². The zero-order valence-electron chi connectivity index (χ0n) is 10.8. The standard InChI is InChI=1S/C15H13F3N2/c1-10-2-8-13(9-3-10)20-14(19)11-4-6-12(7-5-11)15(16,17)18/h2-9H,1H3,(H2,19,20). The van der Waals surface area contributed by atoms with Crippen LogP contribution in [-0.4, -0.2) is 5.84 Å². The third-order valence-corrected chi connectivity index (χ3v) is 2.79. The molecule has 2 N–H and O–H groups in total. The Bertz CT molecular complexity index is 611. The molecule has 0 spiro atoms. The second kappa shape index (κ2) is 5.36. The minimum atomic E-state index is -4.35. The second-order valence-electron chi connectivity index (χ2n) is 4.41. The largest absolute Gasteiger partial charge is 0.416 e. The van der Waals surface area contributed by atoms with E-state index in [0.717, 1.165) is 17.7 Å². The first-order chi connectivity index (χ1) is 9.36. The summed E-state index contributed by atoms with van der Waals surface area (Å²) in [5, 5.41) is 0. The van der Waals surface area contributed by atoms with E-state index >= 15 is 0 Å². The normalized spacial score (nSPS) is 12.5. The van der Waals surface area contributed by atoms with Crippen LogP contribution in [-0.2, 0) is 6.18 Å². The van der Waals surface area contributed by atoms with Gasteiger partial charge in [0.15, 0.2) is 0 Å². The molecule has 5 heteroatoms. The van der Waals surface area contributed by atoms with E-state index < -0.39 is 11.7 Å². The van der Waals surface area contributed by atoms with Crippen molar-refractivity contribution in [2.24, 2.45) is 10.7 Å². The zero-order valence-corrected chi connectivity index (χ0v) is 10.8. The van der Waals surface area contributed by atoms with Gasteiger partial charge in [0.25, 0.3) is 0 Å². The highest BCUT2D eigenvalue weighted by Gasteiger charge is 2.29. The molecule has 0 bridgehead atoms. The lowest BCUT2D eigenvalue weighted by atomic mass is 10.1. The number of amidine groups is 1. The Morgan fingerprint density at radius 2 is 1.50 bits per heavy atom. The molecule has 2 rings (SSSR count). The van der Waals surface area contributed by atoms with E-state index in [2.05, 4.69) is 4.99 Å². The first-order valence-corrected chi connectivity index (χ1v) is 5.95. The maximum absolute atomic E-state index is 12.4. The van der Waals surface area contributed by atoms with Crippen molar-refractivity contribution in [3.05, 3.63) is 65.2 Å². The fourth-order valence-electron chi connectivity index (χ4n) is 1.65. The van der Waals surface area contributed by atoms with Gasteiger partial charge in [0.2, 0.25) is 0 Å². The summed E-state index contributed by atoms with van der Waals surface area (Å²) in [6.07, 6.45) is -4.35. The predicted molar refractivity (Wildman–Crippen MR) is 73.0 cm³/mol. The summed E-state index contributed by atoms with van der Waals surface area (Å²) in [4.78, 5) is 4.18. The van der Waals surface area contributed by atoms with Crippen LogP contribution in [0.4, 0.5) is 18.9 Å². The topological polar surface area (TPSA) is 38.4 Å². The van der Waals surface area contributed by atoms with Crippen molar-refractivity contribution < 1.29 is 13.2 Å². The highest BCUT2D eigenvalue weighted by atomic mass is 19.4. The molecule has 104 valence electrons. The van der Waals surface area contributed by atoms with Crippen LogP contribution in [0.15, 0.2) is 53.5 Å². The van der Waals surface area contributed by atoms with Gasteiger partial charge in [0.1, 0.15) is 5.84 Å². The monoisotopic (exact) mass is 278 g/mol. The molecule has 2 aromatic carbocycles. The molecule has 0 saturated carbocycles. The summed E-state index contributed by atoms with van der Waals surface area (Å²) in [6, 6.07) is 12.0. The molecule has 0 aliphatic heterocycles. The first-order valence-electron chi connectivity index (χ1n) is 5.95. The van der Waals surface area contributed by atoms with Crippen molar-refractivity contribution >= 4 is 11.5 Å².